The van der Waals surface area contributed by atoms with Crippen LogP contribution >= 0.6 is 27.3 Å². The van der Waals surface area contributed by atoms with Crippen molar-refractivity contribution in [1.29, 1.82) is 0 Å². The summed E-state index contributed by atoms with van der Waals surface area (Å²) in [5.41, 5.74) is -0.127. The third kappa shape index (κ3) is 2.36. The lowest BCUT2D eigenvalue weighted by Crippen LogP contribution is -2.63. The fourth-order valence-electron chi connectivity index (χ4n) is 5.41. The van der Waals surface area contributed by atoms with Gasteiger partial charge in [-0.1, -0.05) is 0 Å². The fraction of sp³-hybridized carbons (Fsp3) is 0.706. The van der Waals surface area contributed by atoms with Crippen LogP contribution in [-0.2, 0) is 4.74 Å². The molecule has 0 atom stereocenters. The summed E-state index contributed by atoms with van der Waals surface area (Å²) in [5.74, 6) is 3.11. The van der Waals surface area contributed by atoms with E-state index in [1.807, 2.05) is 18.6 Å². The molecule has 0 aliphatic heterocycles. The minimum atomic E-state index is -0.127. The Morgan fingerprint density at radius 2 is 1.95 bits per heavy atom. The van der Waals surface area contributed by atoms with E-state index in [0.29, 0.717) is 18.4 Å². The van der Waals surface area contributed by atoms with Gasteiger partial charge in [0, 0.05) is 23.5 Å². The van der Waals surface area contributed by atoms with Gasteiger partial charge in [0.15, 0.2) is 0 Å². The first-order chi connectivity index (χ1) is 10.6. The van der Waals surface area contributed by atoms with Crippen LogP contribution in [-0.4, -0.2) is 25.2 Å². The van der Waals surface area contributed by atoms with Crippen LogP contribution < -0.4 is 5.32 Å². The minimum absolute atomic E-state index is 0.0286. The summed E-state index contributed by atoms with van der Waals surface area (Å²) in [7, 11) is 1.84. The zero-order valence-electron chi connectivity index (χ0n) is 12.8. The van der Waals surface area contributed by atoms with Gasteiger partial charge in [0.25, 0.3) is 5.91 Å². The molecule has 120 valence electrons. The third-order valence-corrected chi connectivity index (χ3v) is 7.91. The molecule has 1 aromatic heterocycles. The van der Waals surface area contributed by atoms with Crippen molar-refractivity contribution in [3.05, 3.63) is 20.8 Å². The number of halogens is 1. The van der Waals surface area contributed by atoms with Crippen molar-refractivity contribution in [3.63, 3.8) is 0 Å². The summed E-state index contributed by atoms with van der Waals surface area (Å²) >= 11 is 4.89. The fourth-order valence-corrected chi connectivity index (χ4v) is 6.76. The van der Waals surface area contributed by atoms with Crippen molar-refractivity contribution in [2.45, 2.75) is 37.7 Å². The molecule has 1 aromatic rings. The third-order valence-electron chi connectivity index (χ3n) is 6.22. The summed E-state index contributed by atoms with van der Waals surface area (Å²) in [4.78, 5) is 13.1. The summed E-state index contributed by atoms with van der Waals surface area (Å²) in [5, 5.41) is 5.11. The Hall–Kier alpha value is -0.390. The van der Waals surface area contributed by atoms with Gasteiger partial charge < -0.3 is 10.1 Å². The van der Waals surface area contributed by atoms with Crippen molar-refractivity contribution in [1.82, 2.24) is 5.32 Å². The van der Waals surface area contributed by atoms with Crippen molar-refractivity contribution in [2.75, 3.05) is 13.7 Å². The number of carbonyl (C=O) groups is 1. The normalized spacial score (nSPS) is 39.2. The summed E-state index contributed by atoms with van der Waals surface area (Å²) in [6.45, 7) is 0.659. The van der Waals surface area contributed by atoms with E-state index < -0.39 is 0 Å². The molecule has 0 aromatic carbocycles. The molecule has 4 bridgehead atoms. The number of hydrogen-bond donors (Lipinski definition) is 1. The topological polar surface area (TPSA) is 38.3 Å². The molecule has 5 heteroatoms. The van der Waals surface area contributed by atoms with Crippen molar-refractivity contribution in [2.24, 2.45) is 23.7 Å². The number of amides is 1. The zero-order valence-corrected chi connectivity index (χ0v) is 15.2. The van der Waals surface area contributed by atoms with E-state index >= 15 is 0 Å². The molecular formula is C17H22BrNO2S. The van der Waals surface area contributed by atoms with Gasteiger partial charge in [-0.3, -0.25) is 4.79 Å². The lowest BCUT2D eigenvalue weighted by atomic mass is 9.49. The zero-order chi connectivity index (χ0) is 15.3. The van der Waals surface area contributed by atoms with Gasteiger partial charge in [-0.2, -0.15) is 0 Å². The molecule has 5 rings (SSSR count). The van der Waals surface area contributed by atoms with Crippen LogP contribution in [0.5, 0.6) is 0 Å². The van der Waals surface area contributed by atoms with Crippen LogP contribution in [0.15, 0.2) is 15.9 Å². The van der Waals surface area contributed by atoms with E-state index in [4.69, 9.17) is 4.74 Å². The van der Waals surface area contributed by atoms with Crippen molar-refractivity contribution in [3.8, 4) is 0 Å². The first kappa shape index (κ1) is 15.2. The van der Waals surface area contributed by atoms with Crippen LogP contribution in [0.1, 0.15) is 41.8 Å². The van der Waals surface area contributed by atoms with Gasteiger partial charge >= 0.3 is 0 Å². The molecule has 3 nitrogen and oxygen atoms in total. The number of carbonyl (C=O) groups excluding carboxylic acids is 1. The molecule has 4 aliphatic carbocycles. The lowest BCUT2D eigenvalue weighted by Gasteiger charge is -2.60. The van der Waals surface area contributed by atoms with E-state index in [1.54, 1.807) is 0 Å². The molecule has 4 fully saturated rings. The molecular weight excluding hydrogens is 362 g/mol. The number of thiophene rings is 1. The van der Waals surface area contributed by atoms with Crippen molar-refractivity contribution >= 4 is 33.2 Å². The predicted molar refractivity (Wildman–Crippen MR) is 91.1 cm³/mol. The average Bonchev–Trinajstić information content (AvgIpc) is 2.93. The summed E-state index contributed by atoms with van der Waals surface area (Å²) < 4.78 is 7.06. The van der Waals surface area contributed by atoms with Crippen LogP contribution in [0.4, 0.5) is 0 Å². The monoisotopic (exact) mass is 383 g/mol. The SMILES string of the molecule is COC1(CNC(=O)c2cc(Br)cs2)C2CC3CC(C2)CC1C3. The van der Waals surface area contributed by atoms with Gasteiger partial charge in [-0.25, -0.2) is 0 Å². The summed E-state index contributed by atoms with van der Waals surface area (Å²) in [6.07, 6.45) is 6.60. The van der Waals surface area contributed by atoms with Gasteiger partial charge in [-0.05, 0) is 77.8 Å². The standard InChI is InChI=1S/C17H22BrNO2S/c1-21-17(9-19-16(20)15-7-14(18)8-22-15)12-3-10-2-11(5-12)6-13(17)4-10/h7-8,10-13H,2-6,9H2,1H3,(H,19,20). The highest BCUT2D eigenvalue weighted by Crippen LogP contribution is 2.59. The number of ether oxygens (including phenoxy) is 1. The van der Waals surface area contributed by atoms with Gasteiger partial charge in [0.2, 0.25) is 0 Å². The van der Waals surface area contributed by atoms with Crippen LogP contribution in [0.25, 0.3) is 0 Å². The maximum absolute atomic E-state index is 12.4. The van der Waals surface area contributed by atoms with Gasteiger partial charge in [0.05, 0.1) is 10.5 Å². The Balaban J connectivity index is 1.49. The number of methoxy groups -OCH3 is 1. The van der Waals surface area contributed by atoms with Gasteiger partial charge in [0.1, 0.15) is 0 Å². The minimum Gasteiger partial charge on any atom is -0.376 e. The second-order valence-electron chi connectivity index (χ2n) is 7.28. The Morgan fingerprint density at radius 1 is 1.32 bits per heavy atom. The van der Waals surface area contributed by atoms with Crippen molar-refractivity contribution < 1.29 is 9.53 Å². The highest BCUT2D eigenvalue weighted by molar-refractivity contribution is 9.10. The molecule has 22 heavy (non-hydrogen) atoms. The highest BCUT2D eigenvalue weighted by Gasteiger charge is 2.57. The molecule has 4 saturated carbocycles. The molecule has 4 aliphatic rings. The summed E-state index contributed by atoms with van der Waals surface area (Å²) in [6, 6.07) is 1.89. The van der Waals surface area contributed by atoms with Gasteiger partial charge in [-0.15, -0.1) is 11.3 Å². The number of hydrogen-bond acceptors (Lipinski definition) is 3. The highest BCUT2D eigenvalue weighted by atomic mass is 79.9. The van der Waals surface area contributed by atoms with E-state index in [9.17, 15) is 4.79 Å². The second kappa shape index (κ2) is 5.60. The number of nitrogens with one attached hydrogen (secondary N) is 1. The van der Waals surface area contributed by atoms with E-state index in [1.165, 1.54) is 43.4 Å². The average molecular weight is 384 g/mol. The Bertz CT molecular complexity index is 557. The molecule has 0 saturated heterocycles. The maximum atomic E-state index is 12.4. The Morgan fingerprint density at radius 3 is 2.45 bits per heavy atom. The maximum Gasteiger partial charge on any atom is 0.261 e. The van der Waals surface area contributed by atoms with E-state index in [2.05, 4.69) is 21.2 Å². The lowest BCUT2D eigenvalue weighted by molar-refractivity contribution is -0.186. The van der Waals surface area contributed by atoms with E-state index in [0.717, 1.165) is 21.2 Å². The van der Waals surface area contributed by atoms with Crippen LogP contribution in [0.2, 0.25) is 0 Å². The Kier molecular flexibility index (Phi) is 3.86. The molecule has 0 spiro atoms. The first-order valence-electron chi connectivity index (χ1n) is 8.18. The molecule has 1 amide bonds. The molecule has 0 radical (unpaired) electrons. The van der Waals surface area contributed by atoms with Crippen LogP contribution in [0, 0.1) is 23.7 Å². The second-order valence-corrected chi connectivity index (χ2v) is 9.10. The Labute approximate surface area is 143 Å². The largest absolute Gasteiger partial charge is 0.376 e. The molecule has 0 unspecified atom stereocenters. The van der Waals surface area contributed by atoms with E-state index in [-0.39, 0.29) is 11.5 Å². The molecule has 1 heterocycles. The quantitative estimate of drug-likeness (QED) is 0.850. The smallest absolute Gasteiger partial charge is 0.261 e. The molecule has 1 N–H and O–H groups in total. The number of rotatable bonds is 4. The first-order valence-corrected chi connectivity index (χ1v) is 9.85. The van der Waals surface area contributed by atoms with Crippen LogP contribution in [0.3, 0.4) is 0 Å². The predicted octanol–water partition coefficient (Wildman–Crippen LogP) is 4.08.